The van der Waals surface area contributed by atoms with Gasteiger partial charge in [0.2, 0.25) is 0 Å². The Hall–Kier alpha value is -1.96. The zero-order valence-corrected chi connectivity index (χ0v) is 13.4. The van der Waals surface area contributed by atoms with E-state index in [1.807, 2.05) is 12.1 Å². The van der Waals surface area contributed by atoms with Gasteiger partial charge in [0.05, 0.1) is 0 Å². The molecule has 0 aromatic heterocycles. The lowest BCUT2D eigenvalue weighted by atomic mass is 9.78. The third-order valence-electron chi connectivity index (χ3n) is 4.87. The van der Waals surface area contributed by atoms with E-state index in [9.17, 15) is 8.78 Å². The standard InChI is InChI=1S/C21H22F2/c1-2-3-15-4-6-16(7-5-15)17-8-10-18(11-9-17)19-12-13-20(22)21(23)14-19/h2-3,8-16H,4-7H2,1H3/b3-2-. The van der Waals surface area contributed by atoms with Gasteiger partial charge < -0.3 is 0 Å². The predicted molar refractivity (Wildman–Crippen MR) is 91.3 cm³/mol. The SMILES string of the molecule is C/C=C\C1CCC(c2ccc(-c3ccc(F)c(F)c3)cc2)CC1. The molecule has 2 heteroatoms. The van der Waals surface area contributed by atoms with Crippen molar-refractivity contribution < 1.29 is 8.78 Å². The van der Waals surface area contributed by atoms with E-state index in [0.717, 1.165) is 11.5 Å². The minimum absolute atomic E-state index is 0.621. The smallest absolute Gasteiger partial charge is 0.159 e. The molecule has 0 bridgehead atoms. The van der Waals surface area contributed by atoms with Crippen molar-refractivity contribution in [3.63, 3.8) is 0 Å². The van der Waals surface area contributed by atoms with Crippen molar-refractivity contribution in [2.45, 2.75) is 38.5 Å². The van der Waals surface area contributed by atoms with Crippen molar-refractivity contribution in [3.05, 3.63) is 71.8 Å². The van der Waals surface area contributed by atoms with Crippen molar-refractivity contribution in [2.24, 2.45) is 5.92 Å². The first-order chi connectivity index (χ1) is 11.2. The van der Waals surface area contributed by atoms with Crippen LogP contribution in [0.1, 0.15) is 44.1 Å². The highest BCUT2D eigenvalue weighted by atomic mass is 19.2. The Kier molecular flexibility index (Phi) is 4.90. The first kappa shape index (κ1) is 15.9. The minimum atomic E-state index is -0.803. The van der Waals surface area contributed by atoms with Gasteiger partial charge in [-0.2, -0.15) is 0 Å². The maximum Gasteiger partial charge on any atom is 0.159 e. The Labute approximate surface area is 136 Å². The van der Waals surface area contributed by atoms with Crippen LogP contribution in [-0.2, 0) is 0 Å². The summed E-state index contributed by atoms with van der Waals surface area (Å²) >= 11 is 0. The van der Waals surface area contributed by atoms with Crippen molar-refractivity contribution >= 4 is 0 Å². The summed E-state index contributed by atoms with van der Waals surface area (Å²) in [6.45, 7) is 2.09. The molecule has 0 atom stereocenters. The van der Waals surface area contributed by atoms with Gasteiger partial charge in [-0.1, -0.05) is 42.5 Å². The van der Waals surface area contributed by atoms with Gasteiger partial charge in [-0.3, -0.25) is 0 Å². The fraction of sp³-hybridized carbons (Fsp3) is 0.333. The highest BCUT2D eigenvalue weighted by molar-refractivity contribution is 5.63. The first-order valence-corrected chi connectivity index (χ1v) is 8.35. The van der Waals surface area contributed by atoms with E-state index in [2.05, 4.69) is 31.2 Å². The van der Waals surface area contributed by atoms with Crippen molar-refractivity contribution in [1.82, 2.24) is 0 Å². The Bertz CT molecular complexity index is 677. The highest BCUT2D eigenvalue weighted by Gasteiger charge is 2.20. The molecule has 0 radical (unpaired) electrons. The van der Waals surface area contributed by atoms with Crippen LogP contribution in [-0.4, -0.2) is 0 Å². The van der Waals surface area contributed by atoms with Gasteiger partial charge in [-0.05, 0) is 73.3 Å². The van der Waals surface area contributed by atoms with Crippen molar-refractivity contribution in [1.29, 1.82) is 0 Å². The number of hydrogen-bond acceptors (Lipinski definition) is 0. The highest BCUT2D eigenvalue weighted by Crippen LogP contribution is 2.37. The van der Waals surface area contributed by atoms with Gasteiger partial charge in [0, 0.05) is 0 Å². The molecule has 0 saturated heterocycles. The molecule has 0 nitrogen and oxygen atoms in total. The average Bonchev–Trinajstić information content (AvgIpc) is 2.59. The number of rotatable bonds is 3. The molecule has 3 rings (SSSR count). The zero-order chi connectivity index (χ0) is 16.2. The van der Waals surface area contributed by atoms with E-state index in [1.165, 1.54) is 43.4 Å². The zero-order valence-electron chi connectivity index (χ0n) is 13.4. The lowest BCUT2D eigenvalue weighted by Crippen LogP contribution is -2.11. The summed E-state index contributed by atoms with van der Waals surface area (Å²) in [6, 6.07) is 12.4. The number of hydrogen-bond donors (Lipinski definition) is 0. The molecule has 0 N–H and O–H groups in total. The van der Waals surface area contributed by atoms with Crippen LogP contribution in [0.15, 0.2) is 54.6 Å². The molecule has 1 saturated carbocycles. The summed E-state index contributed by atoms with van der Waals surface area (Å²) in [5.74, 6) is -0.245. The monoisotopic (exact) mass is 312 g/mol. The molecule has 0 unspecified atom stereocenters. The van der Waals surface area contributed by atoms with Gasteiger partial charge in [-0.25, -0.2) is 8.78 Å². The maximum atomic E-state index is 13.4. The molecule has 1 aliphatic rings. The lowest BCUT2D eigenvalue weighted by molar-refractivity contribution is 0.376. The fourth-order valence-electron chi connectivity index (χ4n) is 3.54. The second kappa shape index (κ2) is 7.08. The molecule has 0 aliphatic heterocycles. The Morgan fingerprint density at radius 1 is 0.826 bits per heavy atom. The van der Waals surface area contributed by atoms with Crippen LogP contribution in [0, 0.1) is 17.6 Å². The Morgan fingerprint density at radius 3 is 2.09 bits per heavy atom. The van der Waals surface area contributed by atoms with Gasteiger partial charge in [0.25, 0.3) is 0 Å². The molecular weight excluding hydrogens is 290 g/mol. The number of halogens is 2. The summed E-state index contributed by atoms with van der Waals surface area (Å²) in [7, 11) is 0. The van der Waals surface area contributed by atoms with E-state index in [1.54, 1.807) is 6.07 Å². The van der Waals surface area contributed by atoms with E-state index < -0.39 is 11.6 Å². The molecule has 2 aromatic carbocycles. The van der Waals surface area contributed by atoms with E-state index >= 15 is 0 Å². The molecule has 0 heterocycles. The van der Waals surface area contributed by atoms with Crippen molar-refractivity contribution in [2.75, 3.05) is 0 Å². The van der Waals surface area contributed by atoms with Gasteiger partial charge in [0.1, 0.15) is 0 Å². The average molecular weight is 312 g/mol. The molecule has 2 aromatic rings. The van der Waals surface area contributed by atoms with Crippen LogP contribution in [0.2, 0.25) is 0 Å². The van der Waals surface area contributed by atoms with Crippen LogP contribution >= 0.6 is 0 Å². The molecule has 0 amide bonds. The summed E-state index contributed by atoms with van der Waals surface area (Å²) in [6.07, 6.45) is 9.42. The molecule has 0 spiro atoms. The van der Waals surface area contributed by atoms with Crippen molar-refractivity contribution in [3.8, 4) is 11.1 Å². The summed E-state index contributed by atoms with van der Waals surface area (Å²) in [5.41, 5.74) is 3.00. The Morgan fingerprint density at radius 2 is 1.48 bits per heavy atom. The van der Waals surface area contributed by atoms with Crippen LogP contribution < -0.4 is 0 Å². The van der Waals surface area contributed by atoms with Crippen LogP contribution in [0.3, 0.4) is 0 Å². The van der Waals surface area contributed by atoms with E-state index in [0.29, 0.717) is 11.5 Å². The van der Waals surface area contributed by atoms with Gasteiger partial charge in [-0.15, -0.1) is 0 Å². The Balaban J connectivity index is 1.71. The van der Waals surface area contributed by atoms with Crippen LogP contribution in [0.5, 0.6) is 0 Å². The largest absolute Gasteiger partial charge is 0.204 e. The summed E-state index contributed by atoms with van der Waals surface area (Å²) < 4.78 is 26.4. The topological polar surface area (TPSA) is 0 Å². The number of benzene rings is 2. The van der Waals surface area contributed by atoms with Gasteiger partial charge in [0.15, 0.2) is 11.6 Å². The van der Waals surface area contributed by atoms with E-state index in [-0.39, 0.29) is 0 Å². The predicted octanol–water partition coefficient (Wildman–Crippen LogP) is 6.48. The number of allylic oxidation sites excluding steroid dienone is 2. The summed E-state index contributed by atoms with van der Waals surface area (Å²) in [4.78, 5) is 0. The minimum Gasteiger partial charge on any atom is -0.204 e. The first-order valence-electron chi connectivity index (χ1n) is 8.35. The maximum absolute atomic E-state index is 13.4. The van der Waals surface area contributed by atoms with Crippen LogP contribution in [0.4, 0.5) is 8.78 Å². The van der Waals surface area contributed by atoms with Gasteiger partial charge >= 0.3 is 0 Å². The third kappa shape index (κ3) is 3.69. The molecular formula is C21H22F2. The van der Waals surface area contributed by atoms with Crippen LogP contribution in [0.25, 0.3) is 11.1 Å². The molecule has 120 valence electrons. The fourth-order valence-corrected chi connectivity index (χ4v) is 3.54. The normalized spacial score (nSPS) is 21.7. The lowest BCUT2D eigenvalue weighted by Gasteiger charge is -2.27. The summed E-state index contributed by atoms with van der Waals surface area (Å²) in [5, 5.41) is 0. The second-order valence-electron chi connectivity index (χ2n) is 6.39. The van der Waals surface area contributed by atoms with E-state index in [4.69, 9.17) is 0 Å². The third-order valence-corrected chi connectivity index (χ3v) is 4.87. The molecule has 23 heavy (non-hydrogen) atoms. The molecule has 1 fully saturated rings. The molecule has 1 aliphatic carbocycles. The second-order valence-corrected chi connectivity index (χ2v) is 6.39. The quantitative estimate of drug-likeness (QED) is 0.569.